The maximum absolute atomic E-state index is 12.2. The second kappa shape index (κ2) is 9.56. The highest BCUT2D eigenvalue weighted by atomic mass is 16.5. The first kappa shape index (κ1) is 24.5. The van der Waals surface area contributed by atoms with Crippen molar-refractivity contribution in [1.29, 1.82) is 0 Å². The van der Waals surface area contributed by atoms with E-state index in [4.69, 9.17) is 9.47 Å². The van der Waals surface area contributed by atoms with Crippen molar-refractivity contribution in [3.8, 4) is 11.5 Å². The average molecular weight is 533 g/mol. The minimum absolute atomic E-state index is 0.00330. The van der Waals surface area contributed by atoms with Crippen LogP contribution in [0.3, 0.4) is 0 Å². The van der Waals surface area contributed by atoms with E-state index in [1.54, 1.807) is 0 Å². The standard InChI is InChI=1S/2C17H14O3/c2*18-12-7-3-8-13(19)16(12)17-11-6-1-4-10-5-2-9-14(20-17)15(10)11/h2*1-2,4-6,9,17-18H,3,7-8H2/t2*17-/m10/s1. The van der Waals surface area contributed by atoms with Crippen molar-refractivity contribution in [1.82, 2.24) is 0 Å². The van der Waals surface area contributed by atoms with Gasteiger partial charge in [-0.15, -0.1) is 0 Å². The van der Waals surface area contributed by atoms with Gasteiger partial charge < -0.3 is 19.7 Å². The third-order valence-corrected chi connectivity index (χ3v) is 8.23. The number of aliphatic hydroxyl groups excluding tert-OH is 2. The molecule has 0 saturated carbocycles. The lowest BCUT2D eigenvalue weighted by Gasteiger charge is -2.21. The SMILES string of the molecule is O=C1CCCC(O)=C1[C@@H]1Oc2cccc3cccc1c23.O=C1CCCC(O)=C1[C@H]1Oc2cccc3cccc1c23. The molecule has 0 radical (unpaired) electrons. The largest absolute Gasteiger partial charge is 0.512 e. The number of Topliss-reactive ketones (excluding diaryl/α,β-unsaturated/α-hetero) is 2. The van der Waals surface area contributed by atoms with Gasteiger partial charge in [0.1, 0.15) is 23.0 Å². The minimum Gasteiger partial charge on any atom is -0.512 e. The third kappa shape index (κ3) is 3.86. The first-order chi connectivity index (χ1) is 19.5. The molecule has 0 fully saturated rings. The molecule has 0 amide bonds. The van der Waals surface area contributed by atoms with Crippen LogP contribution in [0.1, 0.15) is 61.9 Å². The zero-order valence-corrected chi connectivity index (χ0v) is 21.9. The summed E-state index contributed by atoms with van der Waals surface area (Å²) < 4.78 is 11.9. The molecule has 0 bridgehead atoms. The van der Waals surface area contributed by atoms with Crippen molar-refractivity contribution >= 4 is 33.1 Å². The summed E-state index contributed by atoms with van der Waals surface area (Å²) in [6.07, 6.45) is 2.64. The van der Waals surface area contributed by atoms with Gasteiger partial charge in [0.15, 0.2) is 23.8 Å². The molecule has 4 aromatic carbocycles. The predicted octanol–water partition coefficient (Wildman–Crippen LogP) is 7.68. The van der Waals surface area contributed by atoms with Gasteiger partial charge in [-0.1, -0.05) is 60.7 Å². The van der Waals surface area contributed by atoms with E-state index in [-0.39, 0.29) is 23.1 Å². The third-order valence-electron chi connectivity index (χ3n) is 8.23. The second-order valence-electron chi connectivity index (χ2n) is 10.7. The Bertz CT molecular complexity index is 1640. The fraction of sp³-hybridized carbons (Fsp3) is 0.235. The first-order valence-corrected chi connectivity index (χ1v) is 13.8. The summed E-state index contributed by atoms with van der Waals surface area (Å²) in [5.41, 5.74) is 2.85. The van der Waals surface area contributed by atoms with Gasteiger partial charge in [0.2, 0.25) is 0 Å². The van der Waals surface area contributed by atoms with E-state index in [1.165, 1.54) is 0 Å². The Hall–Kier alpha value is -4.58. The number of hydrogen-bond acceptors (Lipinski definition) is 6. The average Bonchev–Trinajstić information content (AvgIpc) is 3.51. The van der Waals surface area contributed by atoms with E-state index in [9.17, 15) is 19.8 Å². The van der Waals surface area contributed by atoms with Crippen LogP contribution in [0.2, 0.25) is 0 Å². The lowest BCUT2D eigenvalue weighted by atomic mass is 9.88. The molecule has 8 rings (SSSR count). The zero-order chi connectivity index (χ0) is 27.4. The van der Waals surface area contributed by atoms with Crippen LogP contribution >= 0.6 is 0 Å². The van der Waals surface area contributed by atoms with Crippen LogP contribution in [-0.2, 0) is 9.59 Å². The van der Waals surface area contributed by atoms with Crippen LogP contribution in [0.15, 0.2) is 95.5 Å². The number of rotatable bonds is 2. The number of ether oxygens (including phenoxy) is 2. The molecule has 0 unspecified atom stereocenters. The number of allylic oxidation sites excluding steroid dienone is 2. The van der Waals surface area contributed by atoms with Gasteiger partial charge >= 0.3 is 0 Å². The van der Waals surface area contributed by atoms with E-state index >= 15 is 0 Å². The number of benzene rings is 4. The highest BCUT2D eigenvalue weighted by molar-refractivity contribution is 6.02. The molecule has 4 aliphatic rings. The Balaban J connectivity index is 0.000000132. The highest BCUT2D eigenvalue weighted by Crippen LogP contribution is 2.47. The summed E-state index contributed by atoms with van der Waals surface area (Å²) >= 11 is 0. The number of aliphatic hydroxyl groups is 2. The fourth-order valence-electron chi connectivity index (χ4n) is 6.40. The van der Waals surface area contributed by atoms with E-state index in [0.717, 1.165) is 57.0 Å². The summed E-state index contributed by atoms with van der Waals surface area (Å²) in [4.78, 5) is 24.3. The molecule has 2 atom stereocenters. The van der Waals surface area contributed by atoms with E-state index < -0.39 is 12.2 Å². The van der Waals surface area contributed by atoms with E-state index in [1.807, 2.05) is 72.8 Å². The monoisotopic (exact) mass is 532 g/mol. The quantitative estimate of drug-likeness (QED) is 0.275. The molecule has 6 heteroatoms. The Morgan fingerprint density at radius 2 is 0.950 bits per heavy atom. The predicted molar refractivity (Wildman–Crippen MR) is 152 cm³/mol. The van der Waals surface area contributed by atoms with Gasteiger partial charge in [-0.05, 0) is 35.7 Å². The molecule has 2 aliphatic carbocycles. The van der Waals surface area contributed by atoms with Crippen LogP contribution in [0.4, 0.5) is 0 Å². The number of carbonyl (C=O) groups excluding carboxylic acids is 2. The lowest BCUT2D eigenvalue weighted by Crippen LogP contribution is -2.20. The normalized spacial score (nSPS) is 21.4. The molecule has 6 nitrogen and oxygen atoms in total. The first-order valence-electron chi connectivity index (χ1n) is 13.8. The summed E-state index contributed by atoms with van der Waals surface area (Å²) in [6.45, 7) is 0. The van der Waals surface area contributed by atoms with Crippen molar-refractivity contribution < 1.29 is 29.3 Å². The van der Waals surface area contributed by atoms with Crippen LogP contribution < -0.4 is 9.47 Å². The van der Waals surface area contributed by atoms with Gasteiger partial charge in [0, 0.05) is 47.6 Å². The van der Waals surface area contributed by atoms with E-state index in [2.05, 4.69) is 0 Å². The Morgan fingerprint density at radius 3 is 1.35 bits per heavy atom. The molecule has 0 aromatic heterocycles. The van der Waals surface area contributed by atoms with Crippen molar-refractivity contribution in [3.05, 3.63) is 107 Å². The molecule has 0 spiro atoms. The molecule has 2 heterocycles. The number of hydrogen-bond donors (Lipinski definition) is 2. The van der Waals surface area contributed by atoms with Crippen LogP contribution in [0, 0.1) is 0 Å². The summed E-state index contributed by atoms with van der Waals surface area (Å²) in [5.74, 6) is 1.97. The van der Waals surface area contributed by atoms with Crippen LogP contribution in [-0.4, -0.2) is 21.8 Å². The Labute approximate surface area is 231 Å². The molecule has 40 heavy (non-hydrogen) atoms. The van der Waals surface area contributed by atoms with E-state index in [0.29, 0.717) is 36.8 Å². The summed E-state index contributed by atoms with van der Waals surface area (Å²) in [7, 11) is 0. The van der Waals surface area contributed by atoms with Gasteiger partial charge in [0.25, 0.3) is 0 Å². The summed E-state index contributed by atoms with van der Waals surface area (Å²) in [6, 6.07) is 23.7. The second-order valence-corrected chi connectivity index (χ2v) is 10.7. The lowest BCUT2D eigenvalue weighted by molar-refractivity contribution is -0.118. The van der Waals surface area contributed by atoms with Crippen molar-refractivity contribution in [2.24, 2.45) is 0 Å². The molecule has 200 valence electrons. The van der Waals surface area contributed by atoms with Crippen molar-refractivity contribution in [2.45, 2.75) is 50.7 Å². The fourth-order valence-corrected chi connectivity index (χ4v) is 6.40. The number of carbonyl (C=O) groups is 2. The molecule has 0 saturated heterocycles. The Kier molecular flexibility index (Phi) is 5.84. The molecule has 2 aliphatic heterocycles. The maximum atomic E-state index is 12.2. The van der Waals surface area contributed by atoms with Gasteiger partial charge in [-0.2, -0.15) is 0 Å². The Morgan fingerprint density at radius 1 is 0.550 bits per heavy atom. The van der Waals surface area contributed by atoms with Crippen molar-refractivity contribution in [3.63, 3.8) is 0 Å². The zero-order valence-electron chi connectivity index (χ0n) is 21.9. The topological polar surface area (TPSA) is 93.1 Å². The van der Waals surface area contributed by atoms with Gasteiger partial charge in [0.05, 0.1) is 11.1 Å². The molecular formula is C34H28O6. The molecule has 2 N–H and O–H groups in total. The van der Waals surface area contributed by atoms with Crippen molar-refractivity contribution in [2.75, 3.05) is 0 Å². The smallest absolute Gasteiger partial charge is 0.166 e. The summed E-state index contributed by atoms with van der Waals surface area (Å²) in [5, 5.41) is 24.5. The van der Waals surface area contributed by atoms with Gasteiger partial charge in [-0.25, -0.2) is 0 Å². The highest BCUT2D eigenvalue weighted by Gasteiger charge is 2.37. The molecular weight excluding hydrogens is 504 g/mol. The molecule has 4 aromatic rings. The number of ketones is 2. The minimum atomic E-state index is -0.455. The van der Waals surface area contributed by atoms with Gasteiger partial charge in [-0.3, -0.25) is 9.59 Å². The van der Waals surface area contributed by atoms with Crippen LogP contribution in [0.5, 0.6) is 11.5 Å². The maximum Gasteiger partial charge on any atom is 0.166 e. The van der Waals surface area contributed by atoms with Crippen LogP contribution in [0.25, 0.3) is 21.5 Å².